The van der Waals surface area contributed by atoms with Crippen molar-refractivity contribution in [3.05, 3.63) is 51.6 Å². The highest BCUT2D eigenvalue weighted by atomic mass is 32.2. The van der Waals surface area contributed by atoms with Gasteiger partial charge in [-0.15, -0.1) is 0 Å². The summed E-state index contributed by atoms with van der Waals surface area (Å²) in [6, 6.07) is 4.15. The average Bonchev–Trinajstić information content (AvgIpc) is 0.994. The summed E-state index contributed by atoms with van der Waals surface area (Å²) >= 11 is 1.21. The number of hydrogen-bond acceptors (Lipinski definition) is 23. The summed E-state index contributed by atoms with van der Waals surface area (Å²) in [6.07, 6.45) is -2.81. The summed E-state index contributed by atoms with van der Waals surface area (Å²) < 4.78 is 58.2. The van der Waals surface area contributed by atoms with Crippen LogP contribution < -0.4 is 20.7 Å². The molecule has 2 aromatic rings. The van der Waals surface area contributed by atoms with Gasteiger partial charge in [0.1, 0.15) is 34.7 Å². The Labute approximate surface area is 492 Å². The maximum Gasteiger partial charge on any atom is 0.252 e. The summed E-state index contributed by atoms with van der Waals surface area (Å²) in [5, 5.41) is 44.4. The topological polar surface area (TPSA) is 315 Å². The Kier molecular flexibility index (Phi) is 23.9. The SMILES string of the molecule is CNC(=O)C1CCN(CCOCCOCCOCCOCCC(=O)CCCNC(=O)CSCCC(=O)CNC(=O)[C@]2(O)Cc3c(O)c4c(c(O)c3[C@@H](O[C@H]3C[C@H]5[C@H](O[C@@H]6[C@@H](OC)OCCN65)[C@H](C)O3)C2)C(=O)c2c(OC)cccc2C4=O)CC1. The van der Waals surface area contributed by atoms with Crippen molar-refractivity contribution < 1.29 is 96.2 Å². The number of likely N-dealkylation sites (tertiary alicyclic amines) is 1. The van der Waals surface area contributed by atoms with Crippen molar-refractivity contribution in [3.8, 4) is 17.2 Å². The van der Waals surface area contributed by atoms with Crippen molar-refractivity contribution in [3.63, 3.8) is 0 Å². The summed E-state index contributed by atoms with van der Waals surface area (Å²) in [5.41, 5.74) is -3.88. The van der Waals surface area contributed by atoms with E-state index in [0.29, 0.717) is 72.4 Å². The van der Waals surface area contributed by atoms with E-state index < -0.39 is 108 Å². The fourth-order valence-electron chi connectivity index (χ4n) is 11.7. The molecule has 2 aromatic carbocycles. The van der Waals surface area contributed by atoms with E-state index in [2.05, 4.69) is 25.8 Å². The van der Waals surface area contributed by atoms with Crippen molar-refractivity contribution in [2.45, 2.75) is 113 Å². The van der Waals surface area contributed by atoms with Gasteiger partial charge >= 0.3 is 0 Å². The fourth-order valence-corrected chi connectivity index (χ4v) is 12.5. The van der Waals surface area contributed by atoms with E-state index in [1.807, 2.05) is 6.92 Å². The monoisotopic (exact) mass is 1200 g/mol. The van der Waals surface area contributed by atoms with E-state index in [4.69, 9.17) is 47.4 Å². The van der Waals surface area contributed by atoms with Gasteiger partial charge in [-0.25, -0.2) is 0 Å². The van der Waals surface area contributed by atoms with Gasteiger partial charge in [0.15, 0.2) is 30.4 Å². The lowest BCUT2D eigenvalue weighted by Crippen LogP contribution is -2.55. The Hall–Kier alpha value is -5.20. The second kappa shape index (κ2) is 30.9. The van der Waals surface area contributed by atoms with Crippen LogP contribution in [-0.4, -0.2) is 240 Å². The number of rotatable bonds is 32. The van der Waals surface area contributed by atoms with E-state index in [1.54, 1.807) is 7.05 Å². The molecule has 0 saturated carbocycles. The quantitative estimate of drug-likeness (QED) is 0.0380. The molecule has 3 amide bonds. The number of thioether (sulfide) groups is 1. The van der Waals surface area contributed by atoms with Crippen molar-refractivity contribution >= 4 is 52.6 Å². The summed E-state index contributed by atoms with van der Waals surface area (Å²) in [7, 11) is 4.53. The number of fused-ring (bicyclic) bond motifs is 6. The number of ether oxygens (including phenoxy) is 10. The number of Topliss-reactive ketones (excluding diaryl/α,β-unsaturated/α-hetero) is 2. The number of morpholine rings is 1. The van der Waals surface area contributed by atoms with Crippen LogP contribution in [0.5, 0.6) is 17.2 Å². The number of amides is 3. The van der Waals surface area contributed by atoms with Crippen LogP contribution in [-0.2, 0) is 73.0 Å². The van der Waals surface area contributed by atoms with E-state index in [1.165, 1.54) is 44.2 Å². The van der Waals surface area contributed by atoms with Gasteiger partial charge < -0.3 is 83.5 Å². The number of phenolic OH excluding ortho intramolecular Hbond substituents is 2. The fraction of sp³-hybridized carbons (Fsp3) is 0.672. The van der Waals surface area contributed by atoms with E-state index in [0.717, 1.165) is 32.5 Å². The molecule has 25 nitrogen and oxygen atoms in total. The molecule has 4 aliphatic heterocycles. The number of ketones is 4. The minimum atomic E-state index is -2.38. The van der Waals surface area contributed by atoms with Crippen molar-refractivity contribution in [2.75, 3.05) is 132 Å². The molecule has 0 radical (unpaired) electrons. The van der Waals surface area contributed by atoms with Crippen LogP contribution in [0.1, 0.15) is 107 Å². The molecule has 6 aliphatic rings. The van der Waals surface area contributed by atoms with Gasteiger partial charge in [0.05, 0.1) is 108 Å². The maximum atomic E-state index is 14.2. The average molecular weight is 1200 g/mol. The van der Waals surface area contributed by atoms with Crippen molar-refractivity contribution in [2.24, 2.45) is 5.92 Å². The zero-order valence-electron chi connectivity index (χ0n) is 48.3. The second-order valence-electron chi connectivity index (χ2n) is 21.6. The van der Waals surface area contributed by atoms with Gasteiger partial charge in [-0.1, -0.05) is 12.1 Å². The van der Waals surface area contributed by atoms with Crippen molar-refractivity contribution in [1.29, 1.82) is 0 Å². The van der Waals surface area contributed by atoms with Crippen LogP contribution in [0, 0.1) is 5.92 Å². The third-order valence-corrected chi connectivity index (χ3v) is 17.1. The number of aliphatic hydroxyl groups is 1. The van der Waals surface area contributed by atoms with E-state index in [9.17, 15) is 48.9 Å². The largest absolute Gasteiger partial charge is 0.507 e. The first-order valence-corrected chi connectivity index (χ1v) is 30.1. The Balaban J connectivity index is 0.722. The molecule has 464 valence electrons. The number of nitrogens with zero attached hydrogens (tertiary/aromatic N) is 2. The van der Waals surface area contributed by atoms with Gasteiger partial charge in [-0.05, 0) is 45.3 Å². The third-order valence-electron chi connectivity index (χ3n) is 16.2. The van der Waals surface area contributed by atoms with Crippen LogP contribution in [0.15, 0.2) is 18.2 Å². The third kappa shape index (κ3) is 15.9. The highest BCUT2D eigenvalue weighted by Crippen LogP contribution is 2.53. The number of hydrogen-bond donors (Lipinski definition) is 6. The number of methoxy groups -OCH3 is 2. The standard InChI is InChI=1S/C58H81N5O20S/c1-34-53-40(63-18-21-80-56(75-4)55(63)83-53)29-44(81-34)82-42-31-58(73,30-39-46(42)52(70)48-47(50(39)68)49(67)38-8-5-9-41(74-3)45(38)51(48)69)57(72)61-32-37(65)13-28-84-33-43(66)60-14-6-7-36(64)12-19-76-22-24-78-26-27-79-25-23-77-20-17-62-15-10-35(11-16-62)54(71)59-2/h5,8-9,34-35,40,42,44,53,55-56,68,70,73H,6-7,10-33H2,1-4H3,(H,59,71)(H,60,66)(H,61,72)/t34-,40-,42-,44-,53+,55+,56-,58-/m0/s1. The van der Waals surface area contributed by atoms with Gasteiger partial charge in [0.25, 0.3) is 5.91 Å². The smallest absolute Gasteiger partial charge is 0.252 e. The predicted octanol–water partition coefficient (Wildman–Crippen LogP) is 1.34. The van der Waals surface area contributed by atoms with Gasteiger partial charge in [-0.3, -0.25) is 38.5 Å². The number of carbonyl (C=O) groups excluding carboxylic acids is 7. The number of piperidine rings is 1. The van der Waals surface area contributed by atoms with E-state index >= 15 is 0 Å². The molecule has 0 aromatic heterocycles. The van der Waals surface area contributed by atoms with Gasteiger partial charge in [0.2, 0.25) is 17.6 Å². The molecule has 6 N–H and O–H groups in total. The van der Waals surface area contributed by atoms with Crippen LogP contribution in [0.3, 0.4) is 0 Å². The van der Waals surface area contributed by atoms with E-state index in [-0.39, 0.29) is 101 Å². The van der Waals surface area contributed by atoms with Gasteiger partial charge in [0, 0.05) is 107 Å². The zero-order chi connectivity index (χ0) is 59.9. The molecule has 26 heteroatoms. The Morgan fingerprint density at radius 1 is 0.821 bits per heavy atom. The number of aromatic hydroxyl groups is 2. The van der Waals surface area contributed by atoms with Crippen LogP contribution in [0.2, 0.25) is 0 Å². The normalized spacial score (nSPS) is 25.0. The lowest BCUT2D eigenvalue weighted by Gasteiger charge is -2.43. The molecule has 4 saturated heterocycles. The molecule has 2 aliphatic carbocycles. The number of phenols is 2. The predicted molar refractivity (Wildman–Crippen MR) is 300 cm³/mol. The molecular weight excluding hydrogens is 1120 g/mol. The first-order chi connectivity index (χ1) is 40.6. The minimum absolute atomic E-state index is 0.00771. The van der Waals surface area contributed by atoms with Crippen molar-refractivity contribution in [1.82, 2.24) is 25.8 Å². The molecule has 8 atom stereocenters. The molecule has 4 heterocycles. The van der Waals surface area contributed by atoms with Crippen LogP contribution in [0.25, 0.3) is 0 Å². The molecular formula is C58H81N5O20S. The zero-order valence-corrected chi connectivity index (χ0v) is 49.1. The molecule has 0 bridgehead atoms. The highest BCUT2D eigenvalue weighted by Gasteiger charge is 2.55. The Bertz CT molecular complexity index is 2660. The molecule has 0 spiro atoms. The lowest BCUT2D eigenvalue weighted by atomic mass is 9.72. The molecule has 8 rings (SSSR count). The number of nitrogens with one attached hydrogen (secondary N) is 3. The molecule has 0 unspecified atom stereocenters. The summed E-state index contributed by atoms with van der Waals surface area (Å²) in [6.45, 7) is 8.52. The maximum absolute atomic E-state index is 14.2. The first kappa shape index (κ1) is 64.8. The first-order valence-electron chi connectivity index (χ1n) is 28.9. The van der Waals surface area contributed by atoms with Crippen LogP contribution >= 0.6 is 11.8 Å². The van der Waals surface area contributed by atoms with Crippen LogP contribution in [0.4, 0.5) is 0 Å². The second-order valence-corrected chi connectivity index (χ2v) is 22.7. The summed E-state index contributed by atoms with van der Waals surface area (Å²) in [5.74, 6) is -4.03. The van der Waals surface area contributed by atoms with Gasteiger partial charge in [-0.2, -0.15) is 11.8 Å². The summed E-state index contributed by atoms with van der Waals surface area (Å²) in [4.78, 5) is 96.6. The minimum Gasteiger partial charge on any atom is -0.507 e. The Morgan fingerprint density at radius 2 is 1.52 bits per heavy atom. The molecule has 84 heavy (non-hydrogen) atoms. The highest BCUT2D eigenvalue weighted by molar-refractivity contribution is 7.99. The molecule has 4 fully saturated rings. The number of carbonyl (C=O) groups is 7. The Morgan fingerprint density at radius 3 is 2.23 bits per heavy atom. The number of benzene rings is 2. The lowest BCUT2D eigenvalue weighted by molar-refractivity contribution is -0.256.